The van der Waals surface area contributed by atoms with Crippen molar-refractivity contribution < 1.29 is 23.8 Å². The fourth-order valence-corrected chi connectivity index (χ4v) is 5.10. The highest BCUT2D eigenvalue weighted by Gasteiger charge is 2.42. The lowest BCUT2D eigenvalue weighted by atomic mass is 9.78. The van der Waals surface area contributed by atoms with Gasteiger partial charge in [-0.2, -0.15) is 0 Å². The molecule has 0 bridgehead atoms. The molecule has 1 saturated carbocycles. The Bertz CT molecular complexity index is 1060. The van der Waals surface area contributed by atoms with Gasteiger partial charge in [-0.25, -0.2) is 4.79 Å². The van der Waals surface area contributed by atoms with Gasteiger partial charge in [0.25, 0.3) is 0 Å². The van der Waals surface area contributed by atoms with E-state index in [4.69, 9.17) is 13.9 Å². The first-order chi connectivity index (χ1) is 15.1. The molecule has 4 atom stereocenters. The number of aliphatic hydroxyl groups is 1. The maximum Gasteiger partial charge on any atom is 0.337 e. The van der Waals surface area contributed by atoms with E-state index in [9.17, 15) is 9.90 Å². The Labute approximate surface area is 181 Å². The number of likely N-dealkylation sites (tertiary alicyclic amines) is 1. The molecular weight excluding hydrogens is 394 g/mol. The quantitative estimate of drug-likeness (QED) is 0.631. The molecule has 1 aliphatic heterocycles. The van der Waals surface area contributed by atoms with Crippen LogP contribution in [0.3, 0.4) is 0 Å². The maximum atomic E-state index is 11.6. The van der Waals surface area contributed by atoms with Crippen LogP contribution in [0, 0.1) is 11.8 Å². The monoisotopic (exact) mass is 421 g/mol. The normalized spacial score (nSPS) is 26.0. The maximum absolute atomic E-state index is 11.6. The SMILES string of the molecule is COC(=O)c1ccc(O[C@H]2C[C@@H]3CN(Cc4coc5ccccc45)C[C@@H]3C[C@@H]2O)cc1. The van der Waals surface area contributed by atoms with E-state index < -0.39 is 6.10 Å². The van der Waals surface area contributed by atoms with E-state index >= 15 is 0 Å². The Morgan fingerprint density at radius 1 is 1.10 bits per heavy atom. The van der Waals surface area contributed by atoms with E-state index in [1.807, 2.05) is 24.5 Å². The fourth-order valence-electron chi connectivity index (χ4n) is 5.10. The van der Waals surface area contributed by atoms with Crippen LogP contribution < -0.4 is 4.74 Å². The minimum Gasteiger partial charge on any atom is -0.488 e. The molecule has 1 saturated heterocycles. The molecule has 2 aromatic carbocycles. The van der Waals surface area contributed by atoms with E-state index in [-0.39, 0.29) is 12.1 Å². The Morgan fingerprint density at radius 3 is 2.61 bits per heavy atom. The second-order valence-electron chi connectivity index (χ2n) is 8.68. The average Bonchev–Trinajstić information content (AvgIpc) is 3.37. The van der Waals surface area contributed by atoms with E-state index in [0.717, 1.165) is 38.1 Å². The van der Waals surface area contributed by atoms with Gasteiger partial charge in [-0.3, -0.25) is 4.90 Å². The summed E-state index contributed by atoms with van der Waals surface area (Å²) in [7, 11) is 1.36. The van der Waals surface area contributed by atoms with Crippen molar-refractivity contribution in [2.45, 2.75) is 31.6 Å². The van der Waals surface area contributed by atoms with Crippen molar-refractivity contribution in [3.05, 3.63) is 65.9 Å². The number of carbonyl (C=O) groups excluding carboxylic acids is 1. The van der Waals surface area contributed by atoms with Gasteiger partial charge < -0.3 is 19.0 Å². The number of carbonyl (C=O) groups is 1. The third kappa shape index (κ3) is 4.05. The predicted octanol–water partition coefficient (Wildman–Crippen LogP) is 3.87. The lowest BCUT2D eigenvalue weighted by Crippen LogP contribution is -2.42. The standard InChI is InChI=1S/C25H27NO5/c1-29-25(28)16-6-8-20(9-7-16)31-24-11-18-13-26(12-17(18)10-22(24)27)14-19-15-30-23-5-3-2-4-21(19)23/h2-9,15,17-18,22,24,27H,10-14H2,1H3/t17-,18+,22-,24-/m0/s1. The number of hydrogen-bond acceptors (Lipinski definition) is 6. The van der Waals surface area contributed by atoms with Gasteiger partial charge in [-0.15, -0.1) is 0 Å². The topological polar surface area (TPSA) is 72.1 Å². The van der Waals surface area contributed by atoms with Crippen molar-refractivity contribution in [1.29, 1.82) is 0 Å². The Balaban J connectivity index is 1.22. The molecule has 0 spiro atoms. The smallest absolute Gasteiger partial charge is 0.337 e. The van der Waals surface area contributed by atoms with Crippen molar-refractivity contribution in [2.75, 3.05) is 20.2 Å². The molecule has 0 unspecified atom stereocenters. The number of nitrogens with zero attached hydrogens (tertiary/aromatic N) is 1. The summed E-state index contributed by atoms with van der Waals surface area (Å²) in [6.45, 7) is 2.85. The van der Waals surface area contributed by atoms with Crippen LogP contribution in [0.5, 0.6) is 5.75 Å². The number of rotatable bonds is 5. The second-order valence-corrected chi connectivity index (χ2v) is 8.68. The molecule has 6 nitrogen and oxygen atoms in total. The molecule has 162 valence electrons. The molecule has 3 aromatic rings. The number of benzene rings is 2. The summed E-state index contributed by atoms with van der Waals surface area (Å²) in [6.07, 6.45) is 2.72. The molecule has 1 aliphatic carbocycles. The van der Waals surface area contributed by atoms with Crippen molar-refractivity contribution >= 4 is 16.9 Å². The molecular formula is C25H27NO5. The van der Waals surface area contributed by atoms with Crippen LogP contribution >= 0.6 is 0 Å². The van der Waals surface area contributed by atoms with Gasteiger partial charge in [-0.05, 0) is 55.0 Å². The largest absolute Gasteiger partial charge is 0.488 e. The van der Waals surface area contributed by atoms with Gasteiger partial charge >= 0.3 is 5.97 Å². The summed E-state index contributed by atoms with van der Waals surface area (Å²) in [4.78, 5) is 14.1. The van der Waals surface area contributed by atoms with Crippen LogP contribution in [0.15, 0.2) is 59.2 Å². The third-order valence-electron chi connectivity index (χ3n) is 6.68. The molecule has 0 radical (unpaired) electrons. The van der Waals surface area contributed by atoms with Crippen molar-refractivity contribution in [3.63, 3.8) is 0 Å². The molecule has 6 heteroatoms. The number of ether oxygens (including phenoxy) is 2. The van der Waals surface area contributed by atoms with Gasteiger partial charge in [0.15, 0.2) is 0 Å². The Hall–Kier alpha value is -2.83. The number of esters is 1. The second kappa shape index (κ2) is 8.36. The van der Waals surface area contributed by atoms with Crippen LogP contribution in [-0.2, 0) is 11.3 Å². The molecule has 2 heterocycles. The van der Waals surface area contributed by atoms with E-state index in [1.165, 1.54) is 18.1 Å². The van der Waals surface area contributed by atoms with Crippen LogP contribution in [0.1, 0.15) is 28.8 Å². The predicted molar refractivity (Wildman–Crippen MR) is 116 cm³/mol. The number of para-hydroxylation sites is 1. The van der Waals surface area contributed by atoms with E-state index in [0.29, 0.717) is 23.1 Å². The summed E-state index contributed by atoms with van der Waals surface area (Å²) in [6, 6.07) is 15.0. The van der Waals surface area contributed by atoms with Crippen molar-refractivity contribution in [2.24, 2.45) is 11.8 Å². The highest BCUT2D eigenvalue weighted by atomic mass is 16.5. The molecule has 2 aliphatic rings. The zero-order valence-corrected chi connectivity index (χ0v) is 17.6. The zero-order valence-electron chi connectivity index (χ0n) is 17.6. The van der Waals surface area contributed by atoms with Gasteiger partial charge in [0.1, 0.15) is 17.4 Å². The molecule has 5 rings (SSSR count). The van der Waals surface area contributed by atoms with Crippen molar-refractivity contribution in [1.82, 2.24) is 4.90 Å². The van der Waals surface area contributed by atoms with Crippen molar-refractivity contribution in [3.8, 4) is 5.75 Å². The summed E-state index contributed by atoms with van der Waals surface area (Å²) in [5.74, 6) is 1.27. The van der Waals surface area contributed by atoms with Crippen LogP contribution in [-0.4, -0.2) is 48.4 Å². The van der Waals surface area contributed by atoms with E-state index in [2.05, 4.69) is 11.0 Å². The minimum absolute atomic E-state index is 0.236. The molecule has 1 N–H and O–H groups in total. The summed E-state index contributed by atoms with van der Waals surface area (Å²) in [5.41, 5.74) is 2.63. The van der Waals surface area contributed by atoms with Crippen LogP contribution in [0.25, 0.3) is 11.0 Å². The highest BCUT2D eigenvalue weighted by molar-refractivity contribution is 5.89. The third-order valence-corrected chi connectivity index (χ3v) is 6.68. The minimum atomic E-state index is -0.490. The molecule has 0 amide bonds. The summed E-state index contributed by atoms with van der Waals surface area (Å²) >= 11 is 0. The number of methoxy groups -OCH3 is 1. The summed E-state index contributed by atoms with van der Waals surface area (Å²) in [5, 5.41) is 11.9. The first-order valence-electron chi connectivity index (χ1n) is 10.8. The lowest BCUT2D eigenvalue weighted by Gasteiger charge is -2.35. The average molecular weight is 421 g/mol. The number of aliphatic hydroxyl groups excluding tert-OH is 1. The first kappa shape index (κ1) is 20.1. The zero-order chi connectivity index (χ0) is 21.4. The molecule has 31 heavy (non-hydrogen) atoms. The van der Waals surface area contributed by atoms with Gasteiger partial charge in [0, 0.05) is 30.6 Å². The first-order valence-corrected chi connectivity index (χ1v) is 10.8. The fraction of sp³-hybridized carbons (Fsp3) is 0.400. The van der Waals surface area contributed by atoms with Gasteiger partial charge in [-0.1, -0.05) is 18.2 Å². The molecule has 1 aromatic heterocycles. The molecule has 2 fully saturated rings. The Kier molecular flexibility index (Phi) is 5.42. The number of hydrogen-bond donors (Lipinski definition) is 1. The van der Waals surface area contributed by atoms with Gasteiger partial charge in [0.2, 0.25) is 0 Å². The highest BCUT2D eigenvalue weighted by Crippen LogP contribution is 2.39. The van der Waals surface area contributed by atoms with E-state index in [1.54, 1.807) is 24.3 Å². The van der Waals surface area contributed by atoms with Crippen LogP contribution in [0.2, 0.25) is 0 Å². The Morgan fingerprint density at radius 2 is 1.84 bits per heavy atom. The lowest BCUT2D eigenvalue weighted by molar-refractivity contribution is -0.0231. The van der Waals surface area contributed by atoms with Crippen LogP contribution in [0.4, 0.5) is 0 Å². The summed E-state index contributed by atoms with van der Waals surface area (Å²) < 4.78 is 16.5. The number of fused-ring (bicyclic) bond motifs is 2. The number of furan rings is 1. The van der Waals surface area contributed by atoms with Gasteiger partial charge in [0.05, 0.1) is 25.0 Å².